The fraction of sp³-hybridized carbons (Fsp3) is 0.368. The molecule has 0 spiro atoms. The predicted molar refractivity (Wildman–Crippen MR) is 101 cm³/mol. The van der Waals surface area contributed by atoms with Crippen LogP contribution in [-0.4, -0.2) is 24.6 Å². The lowest BCUT2D eigenvalue weighted by Gasteiger charge is -2.11. The van der Waals surface area contributed by atoms with Crippen molar-refractivity contribution in [1.29, 1.82) is 0 Å². The number of esters is 1. The number of benzene rings is 1. The van der Waals surface area contributed by atoms with E-state index in [0.717, 1.165) is 22.7 Å². The summed E-state index contributed by atoms with van der Waals surface area (Å²) < 4.78 is 41.9. The molecule has 1 aromatic carbocycles. The third-order valence-electron chi connectivity index (χ3n) is 3.83. The van der Waals surface area contributed by atoms with Crippen molar-refractivity contribution in [1.82, 2.24) is 5.32 Å². The van der Waals surface area contributed by atoms with E-state index in [1.165, 1.54) is 23.5 Å². The van der Waals surface area contributed by atoms with Crippen molar-refractivity contribution < 1.29 is 27.5 Å². The number of nitrogens with two attached hydrogens (primary N) is 1. The number of halogens is 3. The van der Waals surface area contributed by atoms with Gasteiger partial charge in [-0.25, -0.2) is 4.79 Å². The maximum atomic E-state index is 12.5. The zero-order valence-corrected chi connectivity index (χ0v) is 16.2. The summed E-state index contributed by atoms with van der Waals surface area (Å²) in [5, 5.41) is 3.33. The van der Waals surface area contributed by atoms with Crippen molar-refractivity contribution >= 4 is 23.2 Å². The van der Waals surface area contributed by atoms with E-state index in [1.807, 2.05) is 12.1 Å². The van der Waals surface area contributed by atoms with E-state index < -0.39 is 23.8 Å². The topological polar surface area (TPSA) is 81.4 Å². The minimum atomic E-state index is -5.18. The molecule has 0 bridgehead atoms. The van der Waals surface area contributed by atoms with E-state index in [1.54, 1.807) is 6.07 Å². The van der Waals surface area contributed by atoms with E-state index in [4.69, 9.17) is 5.73 Å². The van der Waals surface area contributed by atoms with Crippen LogP contribution in [-0.2, 0) is 11.3 Å². The van der Waals surface area contributed by atoms with Gasteiger partial charge in [-0.15, -0.1) is 11.3 Å². The molecule has 1 heterocycles. The van der Waals surface area contributed by atoms with Crippen LogP contribution in [0.2, 0.25) is 0 Å². The van der Waals surface area contributed by atoms with Gasteiger partial charge in [-0.3, -0.25) is 4.79 Å². The molecule has 0 aliphatic rings. The largest absolute Gasteiger partial charge is 0.491 e. The number of nitrogens with one attached hydrogen (secondary N) is 1. The summed E-state index contributed by atoms with van der Waals surface area (Å²) >= 11 is 1.45. The second kappa shape index (κ2) is 9.20. The van der Waals surface area contributed by atoms with Gasteiger partial charge >= 0.3 is 12.1 Å². The molecule has 1 amide bonds. The Bertz CT molecular complexity index is 847. The maximum Gasteiger partial charge on any atom is 0.491 e. The molecule has 0 saturated carbocycles. The first kappa shape index (κ1) is 21.9. The van der Waals surface area contributed by atoms with Crippen LogP contribution in [0.5, 0.6) is 5.75 Å². The highest BCUT2D eigenvalue weighted by Gasteiger charge is 2.41. The van der Waals surface area contributed by atoms with Gasteiger partial charge in [0.1, 0.15) is 5.75 Å². The molecular weight excluding hydrogens is 393 g/mol. The maximum absolute atomic E-state index is 12.5. The highest BCUT2D eigenvalue weighted by atomic mass is 32.1. The molecule has 0 aliphatic heterocycles. The number of amides is 1. The van der Waals surface area contributed by atoms with Crippen molar-refractivity contribution in [3.8, 4) is 16.2 Å². The standard InChI is InChI=1S/C19H21F3N2O3S/c1-11(2)7-8-24-10-13-4-6-16(28-13)12-3-5-14(17(23)25)15(9-12)27-18(26)19(20,21)22/h3-6,9,11,24H,7-8,10H2,1-2H3,(H2,23,25). The van der Waals surface area contributed by atoms with Gasteiger partial charge in [0.15, 0.2) is 0 Å². The van der Waals surface area contributed by atoms with Crippen molar-refractivity contribution in [2.24, 2.45) is 11.7 Å². The highest BCUT2D eigenvalue weighted by molar-refractivity contribution is 7.15. The summed E-state index contributed by atoms with van der Waals surface area (Å²) in [5.41, 5.74) is 5.39. The summed E-state index contributed by atoms with van der Waals surface area (Å²) in [4.78, 5) is 24.4. The number of ether oxygens (including phenoxy) is 1. The summed E-state index contributed by atoms with van der Waals surface area (Å²) in [6.45, 7) is 5.84. The first-order valence-electron chi connectivity index (χ1n) is 8.60. The number of primary amides is 1. The number of hydrogen-bond donors (Lipinski definition) is 2. The Kier molecular flexibility index (Phi) is 7.20. The minimum Gasteiger partial charge on any atom is -0.419 e. The smallest absolute Gasteiger partial charge is 0.419 e. The Morgan fingerprint density at radius 2 is 1.93 bits per heavy atom. The molecule has 28 heavy (non-hydrogen) atoms. The van der Waals surface area contributed by atoms with Gasteiger partial charge in [0.05, 0.1) is 5.56 Å². The third-order valence-corrected chi connectivity index (χ3v) is 4.96. The molecular formula is C19H21F3N2O3S. The van der Waals surface area contributed by atoms with Gasteiger partial charge < -0.3 is 15.8 Å². The lowest BCUT2D eigenvalue weighted by Crippen LogP contribution is -2.29. The summed E-state index contributed by atoms with van der Waals surface area (Å²) in [7, 11) is 0. The molecule has 2 rings (SSSR count). The van der Waals surface area contributed by atoms with E-state index in [9.17, 15) is 22.8 Å². The van der Waals surface area contributed by atoms with Crippen molar-refractivity contribution in [3.05, 3.63) is 40.8 Å². The Balaban J connectivity index is 2.19. The lowest BCUT2D eigenvalue weighted by molar-refractivity contribution is -0.189. The van der Waals surface area contributed by atoms with Crippen LogP contribution < -0.4 is 15.8 Å². The van der Waals surface area contributed by atoms with Gasteiger partial charge in [0.25, 0.3) is 5.91 Å². The van der Waals surface area contributed by atoms with Crippen molar-refractivity contribution in [2.75, 3.05) is 6.54 Å². The molecule has 0 unspecified atom stereocenters. The number of hydrogen-bond acceptors (Lipinski definition) is 5. The van der Waals surface area contributed by atoms with Crippen LogP contribution in [0.25, 0.3) is 10.4 Å². The van der Waals surface area contributed by atoms with Crippen LogP contribution in [0.15, 0.2) is 30.3 Å². The zero-order chi connectivity index (χ0) is 20.9. The molecule has 5 nitrogen and oxygen atoms in total. The molecule has 0 aliphatic carbocycles. The molecule has 1 aromatic heterocycles. The summed E-state index contributed by atoms with van der Waals surface area (Å²) in [6.07, 6.45) is -4.12. The van der Waals surface area contributed by atoms with E-state index in [-0.39, 0.29) is 5.56 Å². The Labute approximate surface area is 164 Å². The summed E-state index contributed by atoms with van der Waals surface area (Å²) in [5.74, 6) is -3.31. The van der Waals surface area contributed by atoms with Crippen LogP contribution in [0, 0.1) is 5.92 Å². The lowest BCUT2D eigenvalue weighted by atomic mass is 10.1. The Morgan fingerprint density at radius 3 is 2.54 bits per heavy atom. The van der Waals surface area contributed by atoms with Crippen LogP contribution in [0.1, 0.15) is 35.5 Å². The first-order chi connectivity index (χ1) is 13.1. The molecule has 2 aromatic rings. The van der Waals surface area contributed by atoms with Crippen LogP contribution >= 0.6 is 11.3 Å². The number of alkyl halides is 3. The number of rotatable bonds is 8. The zero-order valence-electron chi connectivity index (χ0n) is 15.4. The minimum absolute atomic E-state index is 0.298. The molecule has 0 atom stereocenters. The van der Waals surface area contributed by atoms with Gasteiger partial charge in [0.2, 0.25) is 0 Å². The number of carbonyl (C=O) groups is 2. The Hall–Kier alpha value is -2.39. The molecule has 152 valence electrons. The van der Waals surface area contributed by atoms with E-state index in [0.29, 0.717) is 18.0 Å². The molecule has 3 N–H and O–H groups in total. The molecule has 9 heteroatoms. The third kappa shape index (κ3) is 6.07. The second-order valence-corrected chi connectivity index (χ2v) is 7.76. The highest BCUT2D eigenvalue weighted by Crippen LogP contribution is 2.33. The van der Waals surface area contributed by atoms with Gasteiger partial charge in [-0.2, -0.15) is 13.2 Å². The van der Waals surface area contributed by atoms with E-state index in [2.05, 4.69) is 23.9 Å². The fourth-order valence-corrected chi connectivity index (χ4v) is 3.33. The monoisotopic (exact) mass is 414 g/mol. The van der Waals surface area contributed by atoms with E-state index >= 15 is 0 Å². The fourth-order valence-electron chi connectivity index (χ4n) is 2.35. The quantitative estimate of drug-likeness (QED) is 0.387. The average Bonchev–Trinajstić information content (AvgIpc) is 3.06. The number of carbonyl (C=O) groups excluding carboxylic acids is 2. The van der Waals surface area contributed by atoms with Crippen LogP contribution in [0.3, 0.4) is 0 Å². The second-order valence-electron chi connectivity index (χ2n) is 6.59. The SMILES string of the molecule is CC(C)CCNCc1ccc(-c2ccc(C(N)=O)c(OC(=O)C(F)(F)F)c2)s1. The van der Waals surface area contributed by atoms with Gasteiger partial charge in [0, 0.05) is 16.3 Å². The predicted octanol–water partition coefficient (Wildman–Crippen LogP) is 4.12. The van der Waals surface area contributed by atoms with Crippen molar-refractivity contribution in [2.45, 2.75) is 33.0 Å². The molecule has 0 saturated heterocycles. The molecule has 0 radical (unpaired) electrons. The number of thiophene rings is 1. The Morgan fingerprint density at radius 1 is 1.21 bits per heavy atom. The average molecular weight is 414 g/mol. The van der Waals surface area contributed by atoms with Gasteiger partial charge in [-0.1, -0.05) is 19.9 Å². The normalized spacial score (nSPS) is 11.6. The van der Waals surface area contributed by atoms with Crippen LogP contribution in [0.4, 0.5) is 13.2 Å². The molecule has 0 fully saturated rings. The first-order valence-corrected chi connectivity index (χ1v) is 9.42. The van der Waals surface area contributed by atoms with Crippen molar-refractivity contribution in [3.63, 3.8) is 0 Å². The van der Waals surface area contributed by atoms with Gasteiger partial charge in [-0.05, 0) is 48.7 Å². The summed E-state index contributed by atoms with van der Waals surface area (Å²) in [6, 6.07) is 7.74.